The molecule has 0 unspecified atom stereocenters. The first kappa shape index (κ1) is 21.4. The molecule has 1 N–H and O–H groups in total. The van der Waals surface area contributed by atoms with Gasteiger partial charge in [-0.25, -0.2) is 0 Å². The summed E-state index contributed by atoms with van der Waals surface area (Å²) < 4.78 is 20.9. The number of ether oxygens (including phenoxy) is 4. The Morgan fingerprint density at radius 3 is 2.09 bits per heavy atom. The van der Waals surface area contributed by atoms with Gasteiger partial charge in [-0.15, -0.1) is 0 Å². The highest BCUT2D eigenvalue weighted by Gasteiger charge is 1.97. The summed E-state index contributed by atoms with van der Waals surface area (Å²) in [4.78, 5) is 0. The van der Waals surface area contributed by atoms with Crippen molar-refractivity contribution in [3.63, 3.8) is 0 Å². The summed E-state index contributed by atoms with van der Waals surface area (Å²) in [6.07, 6.45) is 1.73. The van der Waals surface area contributed by atoms with E-state index in [-0.39, 0.29) is 6.61 Å². The third kappa shape index (κ3) is 10.7. The average Bonchev–Trinajstić information content (AvgIpc) is 2.62. The molecule has 132 valence electrons. The molecule has 5 heteroatoms. The smallest absolute Gasteiger partial charge is 0.118 e. The van der Waals surface area contributed by atoms with E-state index in [0.717, 1.165) is 16.9 Å². The normalized spacial score (nSPS) is 10.7. The van der Waals surface area contributed by atoms with Crippen molar-refractivity contribution in [1.82, 2.24) is 0 Å². The van der Waals surface area contributed by atoms with Gasteiger partial charge < -0.3 is 24.1 Å². The molecule has 1 rings (SSSR count). The SMILES string of the molecule is CC.COc1ccc(/C(C)=C/OCCOCCOCCO)cc1. The number of hydrogen-bond acceptors (Lipinski definition) is 5. The van der Waals surface area contributed by atoms with Crippen LogP contribution in [0.4, 0.5) is 0 Å². The van der Waals surface area contributed by atoms with Gasteiger partial charge in [0, 0.05) is 0 Å². The Bertz CT molecular complexity index is 400. The molecule has 0 aromatic heterocycles. The van der Waals surface area contributed by atoms with Crippen LogP contribution < -0.4 is 4.74 Å². The number of rotatable bonds is 11. The van der Waals surface area contributed by atoms with Crippen molar-refractivity contribution in [3.8, 4) is 5.75 Å². The largest absolute Gasteiger partial charge is 0.498 e. The third-order valence-corrected chi connectivity index (χ3v) is 2.76. The Kier molecular flexibility index (Phi) is 14.3. The van der Waals surface area contributed by atoms with Crippen molar-refractivity contribution in [2.24, 2.45) is 0 Å². The maximum Gasteiger partial charge on any atom is 0.118 e. The molecule has 0 aliphatic heterocycles. The van der Waals surface area contributed by atoms with Crippen LogP contribution in [-0.4, -0.2) is 51.9 Å². The van der Waals surface area contributed by atoms with Crippen LogP contribution in [-0.2, 0) is 14.2 Å². The summed E-state index contributed by atoms with van der Waals surface area (Å²) in [6, 6.07) is 7.82. The Hall–Kier alpha value is -1.56. The van der Waals surface area contributed by atoms with Gasteiger partial charge in [-0.3, -0.25) is 0 Å². The summed E-state index contributed by atoms with van der Waals surface area (Å²) in [5.41, 5.74) is 2.14. The highest BCUT2D eigenvalue weighted by molar-refractivity contribution is 5.63. The Morgan fingerprint density at radius 1 is 0.957 bits per heavy atom. The standard InChI is InChI=1S/C16H24O5.C2H6/c1-14(15-3-5-16(18-2)6-4-15)13-21-12-11-20-10-9-19-8-7-17;1-2/h3-6,13,17H,7-12H2,1-2H3;1-2H3/b14-13+;. The first-order valence-corrected chi connectivity index (χ1v) is 7.97. The van der Waals surface area contributed by atoms with Crippen LogP contribution in [0.5, 0.6) is 5.75 Å². The topological polar surface area (TPSA) is 57.2 Å². The van der Waals surface area contributed by atoms with Crippen molar-refractivity contribution in [3.05, 3.63) is 36.1 Å². The van der Waals surface area contributed by atoms with Gasteiger partial charge in [0.15, 0.2) is 0 Å². The second kappa shape index (κ2) is 15.3. The number of allylic oxidation sites excluding steroid dienone is 1. The minimum Gasteiger partial charge on any atom is -0.498 e. The molecular weight excluding hydrogens is 296 g/mol. The van der Waals surface area contributed by atoms with Gasteiger partial charge >= 0.3 is 0 Å². The Labute approximate surface area is 139 Å². The lowest BCUT2D eigenvalue weighted by atomic mass is 10.1. The Morgan fingerprint density at radius 2 is 1.52 bits per heavy atom. The second-order valence-electron chi connectivity index (χ2n) is 4.35. The fourth-order valence-corrected chi connectivity index (χ4v) is 1.60. The van der Waals surface area contributed by atoms with Gasteiger partial charge in [0.1, 0.15) is 12.4 Å². The zero-order chi connectivity index (χ0) is 17.3. The number of benzene rings is 1. The van der Waals surface area contributed by atoms with Crippen molar-refractivity contribution >= 4 is 5.57 Å². The molecule has 0 saturated carbocycles. The molecule has 0 aliphatic carbocycles. The third-order valence-electron chi connectivity index (χ3n) is 2.76. The maximum absolute atomic E-state index is 8.51. The first-order chi connectivity index (χ1) is 11.3. The van der Waals surface area contributed by atoms with E-state index in [1.54, 1.807) is 13.4 Å². The van der Waals surface area contributed by atoms with Gasteiger partial charge in [-0.1, -0.05) is 26.0 Å². The zero-order valence-electron chi connectivity index (χ0n) is 14.7. The fraction of sp³-hybridized carbons (Fsp3) is 0.556. The average molecular weight is 326 g/mol. The maximum atomic E-state index is 8.51. The fourth-order valence-electron chi connectivity index (χ4n) is 1.60. The second-order valence-corrected chi connectivity index (χ2v) is 4.35. The van der Waals surface area contributed by atoms with E-state index in [1.807, 2.05) is 45.0 Å². The molecule has 0 atom stereocenters. The molecule has 0 amide bonds. The van der Waals surface area contributed by atoms with Gasteiger partial charge in [-0.2, -0.15) is 0 Å². The molecule has 0 fully saturated rings. The van der Waals surface area contributed by atoms with Gasteiger partial charge in [0.2, 0.25) is 0 Å². The van der Waals surface area contributed by atoms with Crippen LogP contribution in [0.15, 0.2) is 30.5 Å². The van der Waals surface area contributed by atoms with Crippen LogP contribution in [0.2, 0.25) is 0 Å². The van der Waals surface area contributed by atoms with Crippen LogP contribution >= 0.6 is 0 Å². The van der Waals surface area contributed by atoms with Crippen LogP contribution in [0, 0.1) is 0 Å². The van der Waals surface area contributed by atoms with Crippen molar-refractivity contribution in [2.45, 2.75) is 20.8 Å². The molecule has 1 aromatic carbocycles. The molecule has 0 heterocycles. The summed E-state index contributed by atoms with van der Waals surface area (Å²) >= 11 is 0. The number of hydrogen-bond donors (Lipinski definition) is 1. The van der Waals surface area contributed by atoms with Crippen molar-refractivity contribution < 1.29 is 24.1 Å². The lowest BCUT2D eigenvalue weighted by Gasteiger charge is -2.06. The zero-order valence-corrected chi connectivity index (χ0v) is 14.7. The van der Waals surface area contributed by atoms with E-state index < -0.39 is 0 Å². The summed E-state index contributed by atoms with van der Waals surface area (Å²) in [5, 5.41) is 8.51. The predicted octanol–water partition coefficient (Wildman–Crippen LogP) is 3.12. The highest BCUT2D eigenvalue weighted by atomic mass is 16.5. The number of methoxy groups -OCH3 is 1. The molecule has 1 aromatic rings. The van der Waals surface area contributed by atoms with E-state index in [9.17, 15) is 0 Å². The van der Waals surface area contributed by atoms with E-state index in [2.05, 4.69) is 0 Å². The summed E-state index contributed by atoms with van der Waals surface area (Å²) in [6.45, 7) is 8.38. The van der Waals surface area contributed by atoms with E-state index in [4.69, 9.17) is 24.1 Å². The minimum absolute atomic E-state index is 0.0402. The molecule has 0 bridgehead atoms. The van der Waals surface area contributed by atoms with Gasteiger partial charge in [0.05, 0.1) is 46.4 Å². The molecule has 0 aliphatic rings. The van der Waals surface area contributed by atoms with Crippen LogP contribution in [0.3, 0.4) is 0 Å². The molecule has 0 radical (unpaired) electrons. The lowest BCUT2D eigenvalue weighted by molar-refractivity contribution is 0.0204. The summed E-state index contributed by atoms with van der Waals surface area (Å²) in [5.74, 6) is 0.837. The van der Waals surface area contributed by atoms with Crippen LogP contribution in [0.25, 0.3) is 5.57 Å². The van der Waals surface area contributed by atoms with E-state index >= 15 is 0 Å². The molecular formula is C18H30O5. The molecule has 0 spiro atoms. The predicted molar refractivity (Wildman–Crippen MR) is 92.7 cm³/mol. The summed E-state index contributed by atoms with van der Waals surface area (Å²) in [7, 11) is 1.65. The van der Waals surface area contributed by atoms with Crippen molar-refractivity contribution in [1.29, 1.82) is 0 Å². The van der Waals surface area contributed by atoms with Crippen molar-refractivity contribution in [2.75, 3.05) is 46.8 Å². The monoisotopic (exact) mass is 326 g/mol. The quantitative estimate of drug-likeness (QED) is 0.500. The molecule has 0 saturated heterocycles. The van der Waals surface area contributed by atoms with E-state index in [1.165, 1.54) is 0 Å². The number of aliphatic hydroxyl groups excluding tert-OH is 1. The number of aliphatic hydroxyl groups is 1. The van der Waals surface area contributed by atoms with E-state index in [0.29, 0.717) is 33.0 Å². The van der Waals surface area contributed by atoms with Crippen LogP contribution in [0.1, 0.15) is 26.3 Å². The molecule has 23 heavy (non-hydrogen) atoms. The molecule has 5 nitrogen and oxygen atoms in total. The Balaban J connectivity index is 0.00000232. The van der Waals surface area contributed by atoms with Gasteiger partial charge in [0.25, 0.3) is 0 Å². The first-order valence-electron chi connectivity index (χ1n) is 7.97. The lowest BCUT2D eigenvalue weighted by Crippen LogP contribution is -2.09. The highest BCUT2D eigenvalue weighted by Crippen LogP contribution is 2.17. The van der Waals surface area contributed by atoms with Gasteiger partial charge in [-0.05, 0) is 30.2 Å². The minimum atomic E-state index is 0.0402.